The van der Waals surface area contributed by atoms with Crippen LogP contribution in [0.4, 0.5) is 0 Å². The lowest BCUT2D eigenvalue weighted by molar-refractivity contribution is 0.365. The number of rotatable bonds is 6. The highest BCUT2D eigenvalue weighted by Gasteiger charge is 2.23. The number of benzene rings is 1. The number of hydrazine groups is 1. The highest BCUT2D eigenvalue weighted by atomic mass is 16.5. The summed E-state index contributed by atoms with van der Waals surface area (Å²) in [7, 11) is 3.36. The van der Waals surface area contributed by atoms with Crippen molar-refractivity contribution in [3.63, 3.8) is 0 Å². The van der Waals surface area contributed by atoms with Crippen molar-refractivity contribution in [3.8, 4) is 11.5 Å². The summed E-state index contributed by atoms with van der Waals surface area (Å²) in [6.45, 7) is 0. The molecule has 1 fully saturated rings. The molecule has 1 aromatic rings. The zero-order valence-electron chi connectivity index (χ0n) is 11.8. The number of hydrogen-bond acceptors (Lipinski definition) is 4. The van der Waals surface area contributed by atoms with E-state index in [2.05, 4.69) is 5.43 Å². The van der Waals surface area contributed by atoms with Crippen molar-refractivity contribution in [2.45, 2.75) is 38.1 Å². The summed E-state index contributed by atoms with van der Waals surface area (Å²) in [5.41, 5.74) is 4.02. The van der Waals surface area contributed by atoms with Gasteiger partial charge in [0.15, 0.2) is 0 Å². The highest BCUT2D eigenvalue weighted by molar-refractivity contribution is 5.42. The van der Waals surface area contributed by atoms with Gasteiger partial charge in [0.25, 0.3) is 0 Å². The van der Waals surface area contributed by atoms with E-state index in [-0.39, 0.29) is 6.04 Å². The third-order valence-electron chi connectivity index (χ3n) is 4.06. The number of methoxy groups -OCH3 is 2. The fourth-order valence-electron chi connectivity index (χ4n) is 2.98. The van der Waals surface area contributed by atoms with Gasteiger partial charge >= 0.3 is 0 Å². The van der Waals surface area contributed by atoms with Gasteiger partial charge in [0, 0.05) is 5.56 Å². The lowest BCUT2D eigenvalue weighted by Gasteiger charge is -2.22. The van der Waals surface area contributed by atoms with E-state index >= 15 is 0 Å². The van der Waals surface area contributed by atoms with Crippen LogP contribution in [-0.4, -0.2) is 14.2 Å². The summed E-state index contributed by atoms with van der Waals surface area (Å²) in [5, 5.41) is 0. The van der Waals surface area contributed by atoms with Gasteiger partial charge in [-0.2, -0.15) is 0 Å². The van der Waals surface area contributed by atoms with E-state index in [4.69, 9.17) is 15.3 Å². The molecule has 0 spiro atoms. The molecule has 1 saturated carbocycles. The molecular weight excluding hydrogens is 240 g/mol. The minimum Gasteiger partial charge on any atom is -0.497 e. The van der Waals surface area contributed by atoms with E-state index in [9.17, 15) is 0 Å². The minimum atomic E-state index is 0.119. The lowest BCUT2D eigenvalue weighted by Crippen LogP contribution is -2.29. The molecule has 0 radical (unpaired) electrons. The van der Waals surface area contributed by atoms with Gasteiger partial charge in [-0.25, -0.2) is 0 Å². The van der Waals surface area contributed by atoms with Crippen LogP contribution in [0.1, 0.15) is 43.7 Å². The number of hydrogen-bond donors (Lipinski definition) is 2. The topological polar surface area (TPSA) is 56.5 Å². The fourth-order valence-corrected chi connectivity index (χ4v) is 2.98. The standard InChI is InChI=1S/C15H24N2O2/c1-18-12-7-8-15(19-2)13(10-12)14(17-16)9-11-5-3-4-6-11/h7-8,10-11,14,17H,3-6,9,16H2,1-2H3. The SMILES string of the molecule is COc1ccc(OC)c(C(CC2CCCC2)NN)c1. The maximum absolute atomic E-state index is 5.75. The zero-order valence-corrected chi connectivity index (χ0v) is 11.8. The van der Waals surface area contributed by atoms with Crippen LogP contribution in [0.15, 0.2) is 18.2 Å². The second-order valence-electron chi connectivity index (χ2n) is 5.21. The quantitative estimate of drug-likeness (QED) is 0.613. The monoisotopic (exact) mass is 264 g/mol. The van der Waals surface area contributed by atoms with Crippen molar-refractivity contribution in [2.24, 2.45) is 11.8 Å². The molecule has 1 atom stereocenters. The summed E-state index contributed by atoms with van der Waals surface area (Å²) in [4.78, 5) is 0. The van der Waals surface area contributed by atoms with Gasteiger partial charge in [-0.3, -0.25) is 11.3 Å². The van der Waals surface area contributed by atoms with Crippen molar-refractivity contribution in [1.82, 2.24) is 5.43 Å². The van der Waals surface area contributed by atoms with E-state index in [1.54, 1.807) is 14.2 Å². The molecule has 106 valence electrons. The molecule has 4 heteroatoms. The predicted octanol–water partition coefficient (Wildman–Crippen LogP) is 2.79. The molecule has 0 bridgehead atoms. The van der Waals surface area contributed by atoms with Crippen molar-refractivity contribution in [2.75, 3.05) is 14.2 Å². The van der Waals surface area contributed by atoms with Crippen molar-refractivity contribution < 1.29 is 9.47 Å². The van der Waals surface area contributed by atoms with Gasteiger partial charge < -0.3 is 9.47 Å². The maximum Gasteiger partial charge on any atom is 0.123 e. The molecule has 0 aliphatic heterocycles. The molecule has 1 aromatic carbocycles. The van der Waals surface area contributed by atoms with E-state index in [1.807, 2.05) is 18.2 Å². The van der Waals surface area contributed by atoms with Gasteiger partial charge in [-0.05, 0) is 30.5 Å². The molecule has 19 heavy (non-hydrogen) atoms. The van der Waals surface area contributed by atoms with E-state index in [1.165, 1.54) is 25.7 Å². The summed E-state index contributed by atoms with van der Waals surface area (Å²) in [6, 6.07) is 5.98. The molecule has 0 amide bonds. The summed E-state index contributed by atoms with van der Waals surface area (Å²) >= 11 is 0. The first kappa shape index (κ1) is 14.2. The zero-order chi connectivity index (χ0) is 13.7. The third-order valence-corrected chi connectivity index (χ3v) is 4.06. The molecule has 0 aromatic heterocycles. The summed E-state index contributed by atoms with van der Waals surface area (Å²) < 4.78 is 10.7. The maximum atomic E-state index is 5.75. The van der Waals surface area contributed by atoms with Crippen molar-refractivity contribution in [1.29, 1.82) is 0 Å². The van der Waals surface area contributed by atoms with Gasteiger partial charge in [0.05, 0.1) is 20.3 Å². The average Bonchev–Trinajstić information content (AvgIpc) is 2.97. The summed E-state index contributed by atoms with van der Waals surface area (Å²) in [6.07, 6.45) is 6.36. The second-order valence-corrected chi connectivity index (χ2v) is 5.21. The molecule has 0 saturated heterocycles. The van der Waals surface area contributed by atoms with E-state index in [0.29, 0.717) is 0 Å². The Hall–Kier alpha value is -1.26. The Morgan fingerprint density at radius 2 is 2.00 bits per heavy atom. The Balaban J connectivity index is 2.19. The van der Waals surface area contributed by atoms with Crippen LogP contribution in [0.25, 0.3) is 0 Å². The number of ether oxygens (including phenoxy) is 2. The molecule has 1 aliphatic carbocycles. The fraction of sp³-hybridized carbons (Fsp3) is 0.600. The van der Waals surface area contributed by atoms with E-state index < -0.39 is 0 Å². The average molecular weight is 264 g/mol. The minimum absolute atomic E-state index is 0.119. The summed E-state index contributed by atoms with van der Waals surface area (Å²) in [5.74, 6) is 8.21. The largest absolute Gasteiger partial charge is 0.497 e. The Bertz CT molecular complexity index is 403. The van der Waals surface area contributed by atoms with Gasteiger partial charge in [-0.15, -0.1) is 0 Å². The van der Waals surface area contributed by atoms with Gasteiger partial charge in [0.2, 0.25) is 0 Å². The first-order valence-electron chi connectivity index (χ1n) is 6.96. The first-order valence-corrected chi connectivity index (χ1v) is 6.96. The number of nitrogens with two attached hydrogens (primary N) is 1. The first-order chi connectivity index (χ1) is 9.28. The van der Waals surface area contributed by atoms with Crippen molar-refractivity contribution in [3.05, 3.63) is 23.8 Å². The van der Waals surface area contributed by atoms with Crippen LogP contribution in [0.5, 0.6) is 11.5 Å². The Morgan fingerprint density at radius 1 is 1.26 bits per heavy atom. The van der Waals surface area contributed by atoms with Crippen LogP contribution < -0.4 is 20.7 Å². The molecule has 2 rings (SSSR count). The van der Waals surface area contributed by atoms with Crippen LogP contribution in [-0.2, 0) is 0 Å². The molecular formula is C15H24N2O2. The van der Waals surface area contributed by atoms with Gasteiger partial charge in [-0.1, -0.05) is 25.7 Å². The molecule has 4 nitrogen and oxygen atoms in total. The Morgan fingerprint density at radius 3 is 2.58 bits per heavy atom. The van der Waals surface area contributed by atoms with Crippen molar-refractivity contribution >= 4 is 0 Å². The Labute approximate surface area is 115 Å². The van der Waals surface area contributed by atoms with Crippen LogP contribution in [0, 0.1) is 5.92 Å². The van der Waals surface area contributed by atoms with E-state index in [0.717, 1.165) is 29.4 Å². The number of nitrogens with one attached hydrogen (secondary N) is 1. The Kier molecular flexibility index (Phi) is 5.05. The third kappa shape index (κ3) is 3.39. The van der Waals surface area contributed by atoms with Crippen LogP contribution >= 0.6 is 0 Å². The molecule has 0 heterocycles. The molecule has 1 unspecified atom stereocenters. The highest BCUT2D eigenvalue weighted by Crippen LogP contribution is 2.36. The lowest BCUT2D eigenvalue weighted by atomic mass is 9.93. The smallest absolute Gasteiger partial charge is 0.123 e. The predicted molar refractivity (Wildman–Crippen MR) is 76.2 cm³/mol. The van der Waals surface area contributed by atoms with Crippen LogP contribution in [0.2, 0.25) is 0 Å². The van der Waals surface area contributed by atoms with Crippen LogP contribution in [0.3, 0.4) is 0 Å². The second kappa shape index (κ2) is 6.78. The normalized spacial score (nSPS) is 17.4. The van der Waals surface area contributed by atoms with Gasteiger partial charge in [0.1, 0.15) is 11.5 Å². The molecule has 3 N–H and O–H groups in total. The molecule has 1 aliphatic rings.